The van der Waals surface area contributed by atoms with Gasteiger partial charge in [-0.15, -0.1) is 0 Å². The topological polar surface area (TPSA) is 33.0 Å². The Morgan fingerprint density at radius 2 is 1.81 bits per heavy atom. The van der Waals surface area contributed by atoms with Crippen LogP contribution in [0.5, 0.6) is 0 Å². The number of ether oxygens (including phenoxy) is 1. The third kappa shape index (κ3) is 3.49. The lowest BCUT2D eigenvalue weighted by Crippen LogP contribution is -2.31. The molecule has 2 nitrogen and oxygen atoms in total. The minimum absolute atomic E-state index is 0.175. The lowest BCUT2D eigenvalue weighted by atomic mass is 9.69. The molecule has 0 heterocycles. The molecule has 0 aromatic carbocycles. The zero-order valence-corrected chi connectivity index (χ0v) is 11.1. The van der Waals surface area contributed by atoms with Crippen LogP contribution in [-0.2, 0) is 4.74 Å². The molecule has 0 saturated heterocycles. The summed E-state index contributed by atoms with van der Waals surface area (Å²) in [7, 11) is 0. The maximum absolute atomic E-state index is 9.06. The van der Waals surface area contributed by atoms with Crippen molar-refractivity contribution in [3.63, 3.8) is 0 Å². The molecular weight excluding hydrogens is 198 g/mol. The summed E-state index contributed by atoms with van der Waals surface area (Å²) < 4.78 is 5.49. The van der Waals surface area contributed by atoms with Gasteiger partial charge in [-0.2, -0.15) is 5.26 Å². The zero-order chi connectivity index (χ0) is 12.2. The molecule has 0 spiro atoms. The van der Waals surface area contributed by atoms with E-state index in [-0.39, 0.29) is 6.10 Å². The van der Waals surface area contributed by atoms with Crippen LogP contribution in [0.15, 0.2) is 0 Å². The second-order valence-electron chi connectivity index (χ2n) is 5.98. The van der Waals surface area contributed by atoms with Crippen molar-refractivity contribution in [1.82, 2.24) is 0 Å². The minimum atomic E-state index is -0.175. The van der Waals surface area contributed by atoms with Gasteiger partial charge in [-0.25, -0.2) is 0 Å². The maximum Gasteiger partial charge on any atom is 0.146 e. The molecule has 0 aliphatic heterocycles. The molecule has 1 saturated carbocycles. The number of nitrogens with zero attached hydrogens (tertiary/aromatic N) is 1. The molecule has 0 radical (unpaired) electrons. The first-order valence-corrected chi connectivity index (χ1v) is 6.50. The van der Waals surface area contributed by atoms with Crippen molar-refractivity contribution in [3.8, 4) is 6.07 Å². The highest BCUT2D eigenvalue weighted by Crippen LogP contribution is 2.40. The third-order valence-electron chi connectivity index (χ3n) is 3.90. The van der Waals surface area contributed by atoms with Gasteiger partial charge in [0.2, 0.25) is 0 Å². The molecule has 92 valence electrons. The van der Waals surface area contributed by atoms with Gasteiger partial charge in [0.15, 0.2) is 0 Å². The van der Waals surface area contributed by atoms with Gasteiger partial charge in [0.25, 0.3) is 0 Å². The van der Waals surface area contributed by atoms with E-state index in [1.54, 1.807) is 0 Å². The molecule has 0 N–H and O–H groups in total. The molecule has 0 bridgehead atoms. The quantitative estimate of drug-likeness (QED) is 0.729. The minimum Gasteiger partial charge on any atom is -0.363 e. The molecule has 1 rings (SSSR count). The second-order valence-corrected chi connectivity index (χ2v) is 5.98. The van der Waals surface area contributed by atoms with E-state index in [1.165, 1.54) is 12.8 Å². The summed E-state index contributed by atoms with van der Waals surface area (Å²) in [5.41, 5.74) is 0.415. The van der Waals surface area contributed by atoms with Crippen LogP contribution in [0.2, 0.25) is 0 Å². The highest BCUT2D eigenvalue weighted by atomic mass is 16.5. The van der Waals surface area contributed by atoms with Crippen molar-refractivity contribution in [2.45, 2.75) is 59.5 Å². The Labute approximate surface area is 100.0 Å². The smallest absolute Gasteiger partial charge is 0.146 e. The average molecular weight is 223 g/mol. The molecule has 1 aliphatic carbocycles. The van der Waals surface area contributed by atoms with E-state index in [0.29, 0.717) is 17.9 Å². The Hall–Kier alpha value is -0.550. The Morgan fingerprint density at radius 3 is 2.19 bits per heavy atom. The Balaban J connectivity index is 2.45. The van der Waals surface area contributed by atoms with Gasteiger partial charge >= 0.3 is 0 Å². The van der Waals surface area contributed by atoms with E-state index in [4.69, 9.17) is 10.00 Å². The van der Waals surface area contributed by atoms with Crippen LogP contribution in [0.1, 0.15) is 53.4 Å². The molecule has 0 amide bonds. The normalized spacial score (nSPS) is 28.4. The van der Waals surface area contributed by atoms with Crippen LogP contribution in [0.4, 0.5) is 0 Å². The number of hydrogen-bond donors (Lipinski definition) is 0. The molecular formula is C14H25NO. The van der Waals surface area contributed by atoms with Gasteiger partial charge in [-0.05, 0) is 49.9 Å². The van der Waals surface area contributed by atoms with Crippen LogP contribution < -0.4 is 0 Å². The maximum atomic E-state index is 9.06. The largest absolute Gasteiger partial charge is 0.363 e. The van der Waals surface area contributed by atoms with Gasteiger partial charge in [-0.3, -0.25) is 0 Å². The first kappa shape index (κ1) is 13.5. The SMILES string of the molecule is CCOC(C#N)C1CCC(C(C)(C)C)CC1. The average Bonchev–Trinajstić information content (AvgIpc) is 2.25. The van der Waals surface area contributed by atoms with E-state index in [2.05, 4.69) is 26.8 Å². The molecule has 1 fully saturated rings. The molecule has 1 aliphatic rings. The summed E-state index contributed by atoms with van der Waals surface area (Å²) in [6.45, 7) is 9.58. The van der Waals surface area contributed by atoms with E-state index >= 15 is 0 Å². The first-order valence-electron chi connectivity index (χ1n) is 6.50. The second kappa shape index (κ2) is 5.68. The van der Waals surface area contributed by atoms with Crippen molar-refractivity contribution in [1.29, 1.82) is 5.26 Å². The lowest BCUT2D eigenvalue weighted by Gasteiger charge is -2.37. The Morgan fingerprint density at radius 1 is 1.25 bits per heavy atom. The molecule has 0 aromatic rings. The van der Waals surface area contributed by atoms with Crippen LogP contribution in [0.25, 0.3) is 0 Å². The molecule has 1 atom stereocenters. The van der Waals surface area contributed by atoms with Crippen molar-refractivity contribution >= 4 is 0 Å². The van der Waals surface area contributed by atoms with E-state index in [9.17, 15) is 0 Å². The predicted octanol–water partition coefficient (Wildman–Crippen LogP) is 3.77. The van der Waals surface area contributed by atoms with Gasteiger partial charge in [0.1, 0.15) is 6.10 Å². The molecule has 2 heteroatoms. The first-order chi connectivity index (χ1) is 7.49. The highest BCUT2D eigenvalue weighted by Gasteiger charge is 2.33. The molecule has 16 heavy (non-hydrogen) atoms. The van der Waals surface area contributed by atoms with Gasteiger partial charge in [0.05, 0.1) is 6.07 Å². The lowest BCUT2D eigenvalue weighted by molar-refractivity contribution is 0.0274. The summed E-state index contributed by atoms with van der Waals surface area (Å²) in [5, 5.41) is 9.06. The summed E-state index contributed by atoms with van der Waals surface area (Å²) in [6.07, 6.45) is 4.63. The standard InChI is InChI=1S/C14H25NO/c1-5-16-13(10-15)11-6-8-12(9-7-11)14(2,3)4/h11-13H,5-9H2,1-4H3. The number of hydrogen-bond acceptors (Lipinski definition) is 2. The number of rotatable bonds is 3. The monoisotopic (exact) mass is 223 g/mol. The van der Waals surface area contributed by atoms with Crippen molar-refractivity contribution in [2.75, 3.05) is 6.61 Å². The Kier molecular flexibility index (Phi) is 4.80. The van der Waals surface area contributed by atoms with Crippen molar-refractivity contribution in [2.24, 2.45) is 17.3 Å². The van der Waals surface area contributed by atoms with Crippen LogP contribution in [0.3, 0.4) is 0 Å². The summed E-state index contributed by atoms with van der Waals surface area (Å²) >= 11 is 0. The number of nitriles is 1. The van der Waals surface area contributed by atoms with E-state index in [1.807, 2.05) is 6.92 Å². The fourth-order valence-corrected chi connectivity index (χ4v) is 2.75. The van der Waals surface area contributed by atoms with Crippen molar-refractivity contribution < 1.29 is 4.74 Å². The molecule has 1 unspecified atom stereocenters. The third-order valence-corrected chi connectivity index (χ3v) is 3.90. The Bertz CT molecular complexity index is 240. The summed E-state index contributed by atoms with van der Waals surface area (Å²) in [6, 6.07) is 2.30. The van der Waals surface area contributed by atoms with Gasteiger partial charge < -0.3 is 4.74 Å². The summed E-state index contributed by atoms with van der Waals surface area (Å²) in [5.74, 6) is 1.27. The zero-order valence-electron chi connectivity index (χ0n) is 11.1. The predicted molar refractivity (Wildman–Crippen MR) is 65.9 cm³/mol. The van der Waals surface area contributed by atoms with Crippen molar-refractivity contribution in [3.05, 3.63) is 0 Å². The molecule has 0 aromatic heterocycles. The fourth-order valence-electron chi connectivity index (χ4n) is 2.75. The highest BCUT2D eigenvalue weighted by molar-refractivity contribution is 4.93. The van der Waals surface area contributed by atoms with Gasteiger partial charge in [0, 0.05) is 6.61 Å². The van der Waals surface area contributed by atoms with Crippen LogP contribution >= 0.6 is 0 Å². The van der Waals surface area contributed by atoms with Gasteiger partial charge in [-0.1, -0.05) is 20.8 Å². The van der Waals surface area contributed by atoms with Crippen LogP contribution in [0, 0.1) is 28.6 Å². The van der Waals surface area contributed by atoms with E-state index in [0.717, 1.165) is 18.8 Å². The van der Waals surface area contributed by atoms with Crippen LogP contribution in [-0.4, -0.2) is 12.7 Å². The fraction of sp³-hybridized carbons (Fsp3) is 0.929. The van der Waals surface area contributed by atoms with E-state index < -0.39 is 0 Å². The summed E-state index contributed by atoms with van der Waals surface area (Å²) in [4.78, 5) is 0.